The summed E-state index contributed by atoms with van der Waals surface area (Å²) < 4.78 is 0. The van der Waals surface area contributed by atoms with Gasteiger partial charge in [0.25, 0.3) is 0 Å². The molecule has 6 aromatic rings. The molecule has 0 atom stereocenters. The van der Waals surface area contributed by atoms with E-state index in [2.05, 4.69) is 125 Å². The van der Waals surface area contributed by atoms with Gasteiger partial charge in [0.15, 0.2) is 5.82 Å². The molecule has 0 saturated carbocycles. The summed E-state index contributed by atoms with van der Waals surface area (Å²) in [5, 5.41) is 1.06. The molecule has 1 aliphatic rings. The van der Waals surface area contributed by atoms with Gasteiger partial charge in [0.2, 0.25) is 0 Å². The fourth-order valence-corrected chi connectivity index (χ4v) is 6.27. The summed E-state index contributed by atoms with van der Waals surface area (Å²) in [4.78, 5) is 10.1. The van der Waals surface area contributed by atoms with Crippen molar-refractivity contribution in [2.75, 3.05) is 0 Å². The molecule has 2 heteroatoms. The quantitative estimate of drug-likeness (QED) is 0.234. The van der Waals surface area contributed by atoms with Crippen LogP contribution < -0.4 is 0 Å². The minimum absolute atomic E-state index is 0.000753. The molecule has 40 heavy (non-hydrogen) atoms. The van der Waals surface area contributed by atoms with E-state index in [0.717, 1.165) is 33.5 Å². The summed E-state index contributed by atoms with van der Waals surface area (Å²) in [7, 11) is 0. The van der Waals surface area contributed by atoms with Gasteiger partial charge in [-0.2, -0.15) is 0 Å². The van der Waals surface area contributed by atoms with Crippen molar-refractivity contribution in [2.24, 2.45) is 0 Å². The molecule has 5 aromatic carbocycles. The highest BCUT2D eigenvalue weighted by atomic mass is 14.9. The van der Waals surface area contributed by atoms with Gasteiger partial charge in [-0.1, -0.05) is 131 Å². The molecule has 0 fully saturated rings. The van der Waals surface area contributed by atoms with E-state index in [0.29, 0.717) is 0 Å². The van der Waals surface area contributed by atoms with Crippen LogP contribution in [0.2, 0.25) is 0 Å². The van der Waals surface area contributed by atoms with Crippen molar-refractivity contribution in [1.82, 2.24) is 9.97 Å². The Morgan fingerprint density at radius 1 is 0.450 bits per heavy atom. The van der Waals surface area contributed by atoms with Gasteiger partial charge in [0.1, 0.15) is 0 Å². The summed E-state index contributed by atoms with van der Waals surface area (Å²) in [5.41, 5.74) is 11.9. The second-order valence-corrected chi connectivity index (χ2v) is 11.9. The van der Waals surface area contributed by atoms with Gasteiger partial charge in [-0.05, 0) is 62.4 Å². The molecule has 0 bridgehead atoms. The average molecular weight is 517 g/mol. The van der Waals surface area contributed by atoms with E-state index in [1.54, 1.807) is 0 Å². The third-order valence-corrected chi connectivity index (χ3v) is 9.25. The molecule has 0 spiro atoms. The summed E-state index contributed by atoms with van der Waals surface area (Å²) >= 11 is 0. The highest BCUT2D eigenvalue weighted by molar-refractivity contribution is 5.96. The van der Waals surface area contributed by atoms with Gasteiger partial charge < -0.3 is 0 Å². The smallest absolute Gasteiger partial charge is 0.160 e. The molecule has 1 aliphatic carbocycles. The van der Waals surface area contributed by atoms with Crippen LogP contribution in [-0.2, 0) is 10.8 Å². The molecule has 0 radical (unpaired) electrons. The largest absolute Gasteiger partial charge is 0.228 e. The van der Waals surface area contributed by atoms with Gasteiger partial charge in [-0.3, -0.25) is 0 Å². The predicted molar refractivity (Wildman–Crippen MR) is 167 cm³/mol. The van der Waals surface area contributed by atoms with E-state index < -0.39 is 0 Å². The first-order valence-corrected chi connectivity index (χ1v) is 14.0. The topological polar surface area (TPSA) is 25.8 Å². The third kappa shape index (κ3) is 3.71. The number of nitrogens with zero attached hydrogens (tertiary/aromatic N) is 2. The first-order valence-electron chi connectivity index (χ1n) is 14.0. The van der Waals surface area contributed by atoms with Crippen LogP contribution in [0.5, 0.6) is 0 Å². The van der Waals surface area contributed by atoms with Crippen LogP contribution >= 0.6 is 0 Å². The Bertz CT molecular complexity index is 1880. The zero-order valence-electron chi connectivity index (χ0n) is 23.4. The van der Waals surface area contributed by atoms with Crippen LogP contribution in [0.3, 0.4) is 0 Å². The van der Waals surface area contributed by atoms with E-state index in [1.807, 2.05) is 24.3 Å². The zero-order valence-corrected chi connectivity index (χ0v) is 23.4. The van der Waals surface area contributed by atoms with Crippen LogP contribution in [-0.4, -0.2) is 9.97 Å². The summed E-state index contributed by atoms with van der Waals surface area (Å²) in [6, 6.07) is 43.2. The first kappa shape index (κ1) is 24.5. The SMILES string of the molecule is CC1(C)c2ccccc2-c2cc(-c3ccc4nc(-c5ccccc5)nc(-c5ccccc5)c4c3)ccc2C1(C)C. The summed E-state index contributed by atoms with van der Waals surface area (Å²) in [5.74, 6) is 0.745. The molecule has 0 N–H and O–H groups in total. The molecule has 0 amide bonds. The van der Waals surface area contributed by atoms with Crippen molar-refractivity contribution in [3.05, 3.63) is 132 Å². The third-order valence-electron chi connectivity index (χ3n) is 9.25. The van der Waals surface area contributed by atoms with Crippen molar-refractivity contribution in [3.8, 4) is 44.9 Å². The van der Waals surface area contributed by atoms with Gasteiger partial charge in [0, 0.05) is 16.5 Å². The van der Waals surface area contributed by atoms with Crippen LogP contribution in [0.15, 0.2) is 121 Å². The lowest BCUT2D eigenvalue weighted by Crippen LogP contribution is -2.43. The maximum atomic E-state index is 5.10. The first-order chi connectivity index (χ1) is 19.3. The Hall–Kier alpha value is -4.56. The van der Waals surface area contributed by atoms with E-state index >= 15 is 0 Å². The van der Waals surface area contributed by atoms with Gasteiger partial charge in [0.05, 0.1) is 11.2 Å². The number of fused-ring (bicyclic) bond motifs is 4. The van der Waals surface area contributed by atoms with Crippen LogP contribution in [0.4, 0.5) is 0 Å². The number of benzene rings is 5. The Morgan fingerprint density at radius 3 is 1.75 bits per heavy atom. The summed E-state index contributed by atoms with van der Waals surface area (Å²) in [6.07, 6.45) is 0. The highest BCUT2D eigenvalue weighted by Crippen LogP contribution is 2.54. The van der Waals surface area contributed by atoms with E-state index in [9.17, 15) is 0 Å². The average Bonchev–Trinajstić information content (AvgIpc) is 3.00. The van der Waals surface area contributed by atoms with Gasteiger partial charge in [-0.15, -0.1) is 0 Å². The van der Waals surface area contributed by atoms with Crippen molar-refractivity contribution >= 4 is 10.9 Å². The molecule has 0 unspecified atom stereocenters. The maximum Gasteiger partial charge on any atom is 0.160 e. The molecule has 194 valence electrons. The molecule has 0 saturated heterocycles. The Balaban J connectivity index is 1.43. The number of aromatic nitrogens is 2. The van der Waals surface area contributed by atoms with Gasteiger partial charge >= 0.3 is 0 Å². The fourth-order valence-electron chi connectivity index (χ4n) is 6.27. The maximum absolute atomic E-state index is 5.10. The van der Waals surface area contributed by atoms with E-state index in [-0.39, 0.29) is 10.8 Å². The molecule has 1 aromatic heterocycles. The van der Waals surface area contributed by atoms with E-state index in [4.69, 9.17) is 9.97 Å². The minimum Gasteiger partial charge on any atom is -0.228 e. The Kier molecular flexibility index (Phi) is 5.50. The fraction of sp³-hybridized carbons (Fsp3) is 0.158. The van der Waals surface area contributed by atoms with E-state index in [1.165, 1.54) is 33.4 Å². The monoisotopic (exact) mass is 516 g/mol. The number of hydrogen-bond acceptors (Lipinski definition) is 2. The standard InChI is InChI=1S/C38H32N2/c1-37(2)32-18-12-11-17-29(32)30-23-27(19-21-33(30)38(37,3)4)28-20-22-34-31(24-28)35(25-13-7-5-8-14-25)40-36(39-34)26-15-9-6-10-16-26/h5-24H,1-4H3. The normalized spacial score (nSPS) is 14.9. The van der Waals surface area contributed by atoms with Crippen molar-refractivity contribution in [3.63, 3.8) is 0 Å². The molecule has 1 heterocycles. The van der Waals surface area contributed by atoms with Crippen LogP contribution in [0, 0.1) is 0 Å². The number of rotatable bonds is 3. The molecular formula is C38H32N2. The molecule has 2 nitrogen and oxygen atoms in total. The molecule has 0 aliphatic heterocycles. The molecular weight excluding hydrogens is 484 g/mol. The van der Waals surface area contributed by atoms with Crippen molar-refractivity contribution in [2.45, 2.75) is 38.5 Å². The minimum atomic E-state index is 0.000753. The molecule has 7 rings (SSSR count). The lowest BCUT2D eigenvalue weighted by molar-refractivity contribution is 0.299. The van der Waals surface area contributed by atoms with Crippen LogP contribution in [0.25, 0.3) is 55.8 Å². The Labute approximate surface area is 236 Å². The highest BCUT2D eigenvalue weighted by Gasteiger charge is 2.45. The second kappa shape index (κ2) is 8.99. The second-order valence-electron chi connectivity index (χ2n) is 11.9. The van der Waals surface area contributed by atoms with Gasteiger partial charge in [-0.25, -0.2) is 9.97 Å². The zero-order chi connectivity index (χ0) is 27.5. The number of hydrogen-bond donors (Lipinski definition) is 0. The lowest BCUT2D eigenvalue weighted by atomic mass is 9.55. The van der Waals surface area contributed by atoms with Crippen molar-refractivity contribution < 1.29 is 0 Å². The predicted octanol–water partition coefficient (Wildman–Crippen LogP) is 9.87. The Morgan fingerprint density at radius 2 is 1.02 bits per heavy atom. The summed E-state index contributed by atoms with van der Waals surface area (Å²) in [6.45, 7) is 9.51. The van der Waals surface area contributed by atoms with Crippen molar-refractivity contribution in [1.29, 1.82) is 0 Å². The lowest BCUT2D eigenvalue weighted by Gasteiger charge is -2.48. The van der Waals surface area contributed by atoms with Crippen LogP contribution in [0.1, 0.15) is 38.8 Å².